The summed E-state index contributed by atoms with van der Waals surface area (Å²) in [5.74, 6) is 0.420. The van der Waals surface area contributed by atoms with Crippen LogP contribution in [-0.4, -0.2) is 16.9 Å². The van der Waals surface area contributed by atoms with Gasteiger partial charge in [-0.25, -0.2) is 0 Å². The van der Waals surface area contributed by atoms with Gasteiger partial charge in [0.05, 0.1) is 17.7 Å². The summed E-state index contributed by atoms with van der Waals surface area (Å²) in [7, 11) is 0. The van der Waals surface area contributed by atoms with Gasteiger partial charge in [-0.1, -0.05) is 6.92 Å². The van der Waals surface area contributed by atoms with Crippen molar-refractivity contribution in [2.75, 3.05) is 5.75 Å². The average molecular weight is 158 g/mol. The van der Waals surface area contributed by atoms with E-state index in [-0.39, 0.29) is 11.7 Å². The maximum atomic E-state index is 10.5. The number of amides is 1. The predicted molar refractivity (Wildman–Crippen MR) is 41.3 cm³/mol. The molecule has 0 saturated heterocycles. The van der Waals surface area contributed by atoms with E-state index in [1.807, 2.05) is 13.0 Å². The summed E-state index contributed by atoms with van der Waals surface area (Å²) < 4.78 is 0. The smallest absolute Gasteiger partial charge is 0.231 e. The van der Waals surface area contributed by atoms with Gasteiger partial charge in [-0.2, -0.15) is 5.26 Å². The second-order valence-electron chi connectivity index (χ2n) is 1.71. The molecule has 1 amide bonds. The quantitative estimate of drug-likeness (QED) is 0.648. The summed E-state index contributed by atoms with van der Waals surface area (Å²) in [5.41, 5.74) is 5.00. The molecule has 3 nitrogen and oxygen atoms in total. The minimum absolute atomic E-state index is 0.216. The summed E-state index contributed by atoms with van der Waals surface area (Å²) in [4.78, 5) is 10.5. The molecule has 0 heterocycles. The van der Waals surface area contributed by atoms with Gasteiger partial charge in [0.15, 0.2) is 0 Å². The Kier molecular flexibility index (Phi) is 4.77. The maximum absolute atomic E-state index is 10.5. The van der Waals surface area contributed by atoms with Crippen molar-refractivity contribution in [3.8, 4) is 6.07 Å². The van der Waals surface area contributed by atoms with Crippen molar-refractivity contribution >= 4 is 17.7 Å². The van der Waals surface area contributed by atoms with Crippen LogP contribution in [0.5, 0.6) is 0 Å². The lowest BCUT2D eigenvalue weighted by molar-refractivity contribution is -0.117. The average Bonchev–Trinajstić information content (AvgIpc) is 1.87. The van der Waals surface area contributed by atoms with Crippen LogP contribution in [0.1, 0.15) is 13.3 Å². The van der Waals surface area contributed by atoms with Crippen molar-refractivity contribution in [2.45, 2.75) is 18.6 Å². The fraction of sp³-hybridized carbons (Fsp3) is 0.667. The maximum Gasteiger partial charge on any atom is 0.231 e. The van der Waals surface area contributed by atoms with Gasteiger partial charge in [-0.15, -0.1) is 11.8 Å². The van der Waals surface area contributed by atoms with Crippen LogP contribution in [0.25, 0.3) is 0 Å². The van der Waals surface area contributed by atoms with Crippen molar-refractivity contribution in [1.29, 1.82) is 5.26 Å². The fourth-order valence-electron chi connectivity index (χ4n) is 0.526. The Morgan fingerprint density at radius 1 is 1.90 bits per heavy atom. The predicted octanol–water partition coefficient (Wildman–Crippen LogP) is 0.507. The first-order valence-electron chi connectivity index (χ1n) is 3.00. The van der Waals surface area contributed by atoms with Crippen LogP contribution in [0.15, 0.2) is 0 Å². The Morgan fingerprint density at radius 3 is 2.80 bits per heavy atom. The number of hydrogen-bond donors (Lipinski definition) is 1. The third kappa shape index (κ3) is 3.36. The van der Waals surface area contributed by atoms with Gasteiger partial charge in [0.25, 0.3) is 0 Å². The molecular formula is C6H10N2OS. The molecule has 0 saturated carbocycles. The lowest BCUT2D eigenvalue weighted by atomic mass is 10.3. The van der Waals surface area contributed by atoms with Crippen LogP contribution in [0.4, 0.5) is 0 Å². The summed E-state index contributed by atoms with van der Waals surface area (Å²) in [6.07, 6.45) is 0.216. The van der Waals surface area contributed by atoms with E-state index in [2.05, 4.69) is 0 Å². The lowest BCUT2D eigenvalue weighted by Crippen LogP contribution is -2.25. The van der Waals surface area contributed by atoms with E-state index in [0.717, 1.165) is 5.75 Å². The molecule has 0 fully saturated rings. The van der Waals surface area contributed by atoms with E-state index < -0.39 is 5.91 Å². The minimum Gasteiger partial charge on any atom is -0.369 e. The van der Waals surface area contributed by atoms with Crippen LogP contribution < -0.4 is 5.73 Å². The molecule has 4 heteroatoms. The van der Waals surface area contributed by atoms with Gasteiger partial charge in [-0.3, -0.25) is 4.79 Å². The van der Waals surface area contributed by atoms with Crippen LogP contribution in [0.2, 0.25) is 0 Å². The first kappa shape index (κ1) is 9.31. The Morgan fingerprint density at radius 2 is 2.50 bits per heavy atom. The highest BCUT2D eigenvalue weighted by Crippen LogP contribution is 2.12. The topological polar surface area (TPSA) is 66.9 Å². The van der Waals surface area contributed by atoms with Gasteiger partial charge in [0, 0.05) is 0 Å². The van der Waals surface area contributed by atoms with Crippen LogP contribution >= 0.6 is 11.8 Å². The Balaban J connectivity index is 3.75. The molecule has 10 heavy (non-hydrogen) atoms. The highest BCUT2D eigenvalue weighted by atomic mass is 32.2. The third-order valence-electron chi connectivity index (χ3n) is 0.962. The number of hydrogen-bond acceptors (Lipinski definition) is 3. The number of primary amides is 1. The molecule has 0 aromatic rings. The molecular weight excluding hydrogens is 148 g/mol. The summed E-state index contributed by atoms with van der Waals surface area (Å²) in [5, 5.41) is 7.92. The fourth-order valence-corrected chi connectivity index (χ4v) is 1.28. The SMILES string of the molecule is CCSC(CC#N)C(N)=O. The monoisotopic (exact) mass is 158 g/mol. The molecule has 0 aliphatic heterocycles. The zero-order chi connectivity index (χ0) is 7.98. The molecule has 0 radical (unpaired) electrons. The molecule has 0 spiro atoms. The highest BCUT2D eigenvalue weighted by molar-refractivity contribution is 8.00. The normalized spacial score (nSPS) is 12.0. The van der Waals surface area contributed by atoms with Crippen molar-refractivity contribution in [3.63, 3.8) is 0 Å². The number of rotatable bonds is 4. The molecule has 0 aliphatic carbocycles. The number of thioether (sulfide) groups is 1. The molecule has 0 bridgehead atoms. The van der Waals surface area contributed by atoms with Crippen LogP contribution in [0, 0.1) is 11.3 Å². The highest BCUT2D eigenvalue weighted by Gasteiger charge is 2.13. The van der Waals surface area contributed by atoms with Crippen molar-refractivity contribution in [3.05, 3.63) is 0 Å². The second kappa shape index (κ2) is 5.12. The van der Waals surface area contributed by atoms with E-state index in [9.17, 15) is 4.79 Å². The van der Waals surface area contributed by atoms with Crippen LogP contribution in [-0.2, 0) is 4.79 Å². The minimum atomic E-state index is -0.395. The standard InChI is InChI=1S/C6H10N2OS/c1-2-10-5(3-4-7)6(8)9/h5H,2-3H2,1H3,(H2,8,9). The van der Waals surface area contributed by atoms with Gasteiger partial charge in [-0.05, 0) is 5.75 Å². The number of nitrogens with zero attached hydrogens (tertiary/aromatic N) is 1. The second-order valence-corrected chi connectivity index (χ2v) is 3.19. The molecule has 0 aliphatic rings. The number of nitriles is 1. The first-order valence-corrected chi connectivity index (χ1v) is 4.05. The van der Waals surface area contributed by atoms with E-state index in [1.165, 1.54) is 11.8 Å². The zero-order valence-corrected chi connectivity index (χ0v) is 6.65. The van der Waals surface area contributed by atoms with E-state index >= 15 is 0 Å². The zero-order valence-electron chi connectivity index (χ0n) is 5.83. The number of carbonyl (C=O) groups is 1. The lowest BCUT2D eigenvalue weighted by Gasteiger charge is -2.05. The van der Waals surface area contributed by atoms with Gasteiger partial charge < -0.3 is 5.73 Å². The molecule has 0 aromatic heterocycles. The molecule has 2 N–H and O–H groups in total. The molecule has 0 aromatic carbocycles. The molecule has 0 rings (SSSR count). The summed E-state index contributed by atoms with van der Waals surface area (Å²) in [6.45, 7) is 1.93. The van der Waals surface area contributed by atoms with Crippen molar-refractivity contribution < 1.29 is 4.79 Å². The third-order valence-corrected chi connectivity index (χ3v) is 2.10. The van der Waals surface area contributed by atoms with Gasteiger partial charge in [0.2, 0.25) is 5.91 Å². The Labute approximate surface area is 64.6 Å². The molecule has 1 unspecified atom stereocenters. The first-order chi connectivity index (χ1) is 4.72. The van der Waals surface area contributed by atoms with E-state index in [4.69, 9.17) is 11.0 Å². The van der Waals surface area contributed by atoms with Gasteiger partial charge >= 0.3 is 0 Å². The van der Waals surface area contributed by atoms with E-state index in [0.29, 0.717) is 0 Å². The summed E-state index contributed by atoms with van der Waals surface area (Å²) >= 11 is 1.41. The number of nitrogens with two attached hydrogens (primary N) is 1. The summed E-state index contributed by atoms with van der Waals surface area (Å²) in [6, 6.07) is 1.91. The van der Waals surface area contributed by atoms with Gasteiger partial charge in [0.1, 0.15) is 0 Å². The Bertz CT molecular complexity index is 152. The van der Waals surface area contributed by atoms with Crippen molar-refractivity contribution in [2.24, 2.45) is 5.73 Å². The molecule has 1 atom stereocenters. The van der Waals surface area contributed by atoms with Crippen LogP contribution in [0.3, 0.4) is 0 Å². The molecule has 56 valence electrons. The van der Waals surface area contributed by atoms with E-state index in [1.54, 1.807) is 0 Å². The number of carbonyl (C=O) groups excluding carboxylic acids is 1. The largest absolute Gasteiger partial charge is 0.369 e. The van der Waals surface area contributed by atoms with Crippen molar-refractivity contribution in [1.82, 2.24) is 0 Å². The Hall–Kier alpha value is -0.690.